The summed E-state index contributed by atoms with van der Waals surface area (Å²) in [5, 5.41) is 0. The molecule has 6 nitrogen and oxygen atoms in total. The molecule has 0 aliphatic heterocycles. The summed E-state index contributed by atoms with van der Waals surface area (Å²) in [6.07, 6.45) is 0. The summed E-state index contributed by atoms with van der Waals surface area (Å²) in [5.41, 5.74) is 22.7. The molecule has 0 spiro atoms. The van der Waals surface area contributed by atoms with Gasteiger partial charge in [-0.25, -0.2) is 0 Å². The number of rotatable bonds is 18. The van der Waals surface area contributed by atoms with E-state index in [0.29, 0.717) is 0 Å². The third-order valence-electron chi connectivity index (χ3n) is 11.7. The molecular weight excluding hydrogens is 805 g/mol. The summed E-state index contributed by atoms with van der Waals surface area (Å²) < 4.78 is 0. The van der Waals surface area contributed by atoms with Crippen LogP contribution in [-0.4, -0.2) is 114 Å². The van der Waals surface area contributed by atoms with E-state index in [2.05, 4.69) is 260 Å². The molecule has 342 valence electrons. The molecule has 0 bridgehead atoms. The van der Waals surface area contributed by atoms with E-state index < -0.39 is 0 Å². The van der Waals surface area contributed by atoms with Crippen LogP contribution < -0.4 is 0 Å². The normalized spacial score (nSPS) is 11.9. The Morgan fingerprint density at radius 3 is 0.455 bits per heavy atom. The first-order valence-electron chi connectivity index (χ1n) is 23.3. The Hall–Kier alpha value is -5.70. The molecule has 0 aliphatic rings. The van der Waals surface area contributed by atoms with Crippen molar-refractivity contribution in [2.75, 3.05) is 84.6 Å². The lowest BCUT2D eigenvalue weighted by Crippen LogP contribution is -2.13. The van der Waals surface area contributed by atoms with Crippen LogP contribution in [-0.2, 0) is 39.3 Å². The van der Waals surface area contributed by atoms with Gasteiger partial charge in [0.05, 0.1) is 0 Å². The monoisotopic (exact) mass is 877 g/mol. The Balaban J connectivity index is 1.28. The van der Waals surface area contributed by atoms with E-state index in [9.17, 15) is 0 Å². The Labute approximate surface area is 397 Å². The van der Waals surface area contributed by atoms with Gasteiger partial charge in [-0.2, -0.15) is 0 Å². The predicted octanol–water partition coefficient (Wildman–Crippen LogP) is 12.1. The molecule has 0 saturated heterocycles. The Kier molecular flexibility index (Phi) is 15.9. The minimum atomic E-state index is 0.907. The number of nitrogens with zero attached hydrogens (tertiary/aromatic N) is 6. The van der Waals surface area contributed by atoms with Gasteiger partial charge in [0, 0.05) is 39.3 Å². The van der Waals surface area contributed by atoms with Gasteiger partial charge in [0.15, 0.2) is 0 Å². The molecule has 0 unspecified atom stereocenters. The average Bonchev–Trinajstić information content (AvgIpc) is 3.25. The second-order valence-electron chi connectivity index (χ2n) is 20.1. The van der Waals surface area contributed by atoms with Gasteiger partial charge in [-0.15, -0.1) is 0 Å². The number of hydrogen-bond donors (Lipinski definition) is 0. The molecule has 0 fully saturated rings. The van der Waals surface area contributed by atoms with E-state index >= 15 is 0 Å². The van der Waals surface area contributed by atoms with Crippen molar-refractivity contribution in [1.29, 1.82) is 0 Å². The highest BCUT2D eigenvalue weighted by Crippen LogP contribution is 2.36. The Bertz CT molecular complexity index is 2300. The zero-order valence-electron chi connectivity index (χ0n) is 41.8. The third kappa shape index (κ3) is 13.2. The first kappa shape index (κ1) is 48.2. The average molecular weight is 877 g/mol. The van der Waals surface area contributed by atoms with Gasteiger partial charge in [-0.05, 0) is 239 Å². The second-order valence-corrected chi connectivity index (χ2v) is 20.1. The van der Waals surface area contributed by atoms with Crippen molar-refractivity contribution in [3.05, 3.63) is 179 Å². The van der Waals surface area contributed by atoms with E-state index in [1.807, 2.05) is 0 Å². The maximum atomic E-state index is 2.37. The Morgan fingerprint density at radius 2 is 0.318 bits per heavy atom. The maximum absolute atomic E-state index is 2.37. The molecule has 0 saturated carbocycles. The van der Waals surface area contributed by atoms with Crippen molar-refractivity contribution in [2.24, 2.45) is 0 Å². The minimum absolute atomic E-state index is 0.907. The second kappa shape index (κ2) is 21.7. The van der Waals surface area contributed by atoms with Crippen LogP contribution in [0.1, 0.15) is 33.4 Å². The fourth-order valence-electron chi connectivity index (χ4n) is 9.22. The van der Waals surface area contributed by atoms with Crippen LogP contribution in [0.2, 0.25) is 0 Å². The van der Waals surface area contributed by atoms with Crippen molar-refractivity contribution in [1.82, 2.24) is 29.4 Å². The lowest BCUT2D eigenvalue weighted by atomic mass is 9.91. The summed E-state index contributed by atoms with van der Waals surface area (Å²) >= 11 is 0. The molecule has 6 heteroatoms. The van der Waals surface area contributed by atoms with Crippen molar-refractivity contribution in [2.45, 2.75) is 39.3 Å². The molecule has 0 amide bonds. The summed E-state index contributed by atoms with van der Waals surface area (Å²) in [7, 11) is 25.7. The first-order valence-corrected chi connectivity index (χ1v) is 23.3. The first-order chi connectivity index (χ1) is 31.5. The molecule has 7 rings (SSSR count). The zero-order valence-corrected chi connectivity index (χ0v) is 41.8. The smallest absolute Gasteiger partial charge is 0.0227 e. The molecule has 0 radical (unpaired) electrons. The molecule has 66 heavy (non-hydrogen) atoms. The molecule has 0 heterocycles. The van der Waals surface area contributed by atoms with Gasteiger partial charge in [0.25, 0.3) is 0 Å². The van der Waals surface area contributed by atoms with E-state index in [0.717, 1.165) is 39.3 Å². The van der Waals surface area contributed by atoms with Crippen LogP contribution in [0.3, 0.4) is 0 Å². The van der Waals surface area contributed by atoms with Crippen molar-refractivity contribution >= 4 is 0 Å². The Morgan fingerprint density at radius 1 is 0.182 bits per heavy atom. The quantitative estimate of drug-likeness (QED) is 0.0849. The largest absolute Gasteiger partial charge is 0.305 e. The van der Waals surface area contributed by atoms with Crippen LogP contribution >= 0.6 is 0 Å². The van der Waals surface area contributed by atoms with Gasteiger partial charge in [0.1, 0.15) is 0 Å². The highest BCUT2D eigenvalue weighted by molar-refractivity contribution is 5.83. The predicted molar refractivity (Wildman–Crippen MR) is 283 cm³/mol. The molecular formula is C60H72N6. The van der Waals surface area contributed by atoms with Crippen LogP contribution in [0, 0.1) is 0 Å². The van der Waals surface area contributed by atoms with Crippen molar-refractivity contribution in [3.8, 4) is 66.8 Å². The van der Waals surface area contributed by atoms with E-state index in [-0.39, 0.29) is 0 Å². The highest BCUT2D eigenvalue weighted by atomic mass is 15.1. The SMILES string of the molecule is CN(C)Cc1cc(CN(C)C)cc(-c2ccc(-c3cc(-c4ccc(-c5cc(CN(C)C)cc(CN(C)C)c5)cc4)cc(-c4ccc(-c5cc(CN(C)C)cc(CN(C)C)c5)cc4)c3)cc2)c1. The lowest BCUT2D eigenvalue weighted by molar-refractivity contribution is 0.395. The summed E-state index contributed by atoms with van der Waals surface area (Å²) in [6.45, 7) is 5.44. The van der Waals surface area contributed by atoms with E-state index in [1.54, 1.807) is 0 Å². The zero-order chi connectivity index (χ0) is 47.1. The van der Waals surface area contributed by atoms with Crippen LogP contribution in [0.4, 0.5) is 0 Å². The maximum Gasteiger partial charge on any atom is 0.0227 e. The standard InChI is InChI=1S/C60H72N6/c1-61(2)37-43-25-44(38-62(3)4)29-55(28-43)49-13-19-52(20-14-49)58-34-59(53-21-15-50(16-22-53)56-30-45(39-63(5)6)26-46(31-56)40-64(7)8)36-60(35-58)54-23-17-51(18-24-54)57-32-47(41-65(9)10)27-48(33-57)42-66(11)12/h13-36H,37-42H2,1-12H3. The topological polar surface area (TPSA) is 19.4 Å². The molecule has 0 aliphatic carbocycles. The van der Waals surface area contributed by atoms with Crippen molar-refractivity contribution < 1.29 is 0 Å². The van der Waals surface area contributed by atoms with Crippen LogP contribution in [0.15, 0.2) is 146 Å². The molecule has 7 aromatic rings. The van der Waals surface area contributed by atoms with Gasteiger partial charge >= 0.3 is 0 Å². The molecule has 7 aromatic carbocycles. The van der Waals surface area contributed by atoms with Gasteiger partial charge in [-0.1, -0.05) is 91.0 Å². The fraction of sp³-hybridized carbons (Fsp3) is 0.300. The highest BCUT2D eigenvalue weighted by Gasteiger charge is 2.13. The molecule has 0 aromatic heterocycles. The lowest BCUT2D eigenvalue weighted by Gasteiger charge is -2.17. The van der Waals surface area contributed by atoms with Crippen LogP contribution in [0.25, 0.3) is 66.8 Å². The van der Waals surface area contributed by atoms with E-state index in [1.165, 1.54) is 100 Å². The number of benzene rings is 7. The minimum Gasteiger partial charge on any atom is -0.305 e. The van der Waals surface area contributed by atoms with E-state index in [4.69, 9.17) is 0 Å². The van der Waals surface area contributed by atoms with Gasteiger partial charge in [0.2, 0.25) is 0 Å². The molecule has 0 atom stereocenters. The number of hydrogen-bond acceptors (Lipinski definition) is 6. The van der Waals surface area contributed by atoms with Gasteiger partial charge < -0.3 is 29.4 Å². The summed E-state index contributed by atoms with van der Waals surface area (Å²) in [5.74, 6) is 0. The third-order valence-corrected chi connectivity index (χ3v) is 11.7. The summed E-state index contributed by atoms with van der Waals surface area (Å²) in [4.78, 5) is 13.4. The summed E-state index contributed by atoms with van der Waals surface area (Å²) in [6, 6.07) is 55.8. The van der Waals surface area contributed by atoms with Crippen molar-refractivity contribution in [3.63, 3.8) is 0 Å². The fourth-order valence-corrected chi connectivity index (χ4v) is 9.22. The molecule has 0 N–H and O–H groups in total. The van der Waals surface area contributed by atoms with Gasteiger partial charge in [-0.3, -0.25) is 0 Å². The van der Waals surface area contributed by atoms with Crippen LogP contribution in [0.5, 0.6) is 0 Å².